The molecule has 102 valence electrons. The van der Waals surface area contributed by atoms with E-state index in [0.717, 1.165) is 40.7 Å². The summed E-state index contributed by atoms with van der Waals surface area (Å²) in [4.78, 5) is 4.57. The van der Waals surface area contributed by atoms with Gasteiger partial charge in [0.2, 0.25) is 0 Å². The lowest BCUT2D eigenvalue weighted by atomic mass is 10.2. The summed E-state index contributed by atoms with van der Waals surface area (Å²) in [5.41, 5.74) is 1.02. The van der Waals surface area contributed by atoms with E-state index in [2.05, 4.69) is 10.3 Å². The Morgan fingerprint density at radius 2 is 2.47 bits per heavy atom. The van der Waals surface area contributed by atoms with Crippen LogP contribution in [0, 0.1) is 0 Å². The highest BCUT2D eigenvalue weighted by Crippen LogP contribution is 2.29. The molecule has 4 nitrogen and oxygen atoms in total. The average molecular weight is 278 g/mol. The fourth-order valence-corrected chi connectivity index (χ4v) is 3.14. The summed E-state index contributed by atoms with van der Waals surface area (Å²) in [6, 6.07) is 6.03. The van der Waals surface area contributed by atoms with E-state index >= 15 is 0 Å². The molecule has 0 saturated carbocycles. The minimum Gasteiger partial charge on any atom is -0.494 e. The number of ether oxygens (including phenoxy) is 2. The number of benzene rings is 1. The zero-order valence-corrected chi connectivity index (χ0v) is 11.8. The van der Waals surface area contributed by atoms with Gasteiger partial charge in [0.25, 0.3) is 0 Å². The molecule has 1 fully saturated rings. The number of thiazole rings is 1. The van der Waals surface area contributed by atoms with Crippen molar-refractivity contribution in [3.63, 3.8) is 0 Å². The Balaban J connectivity index is 1.69. The quantitative estimate of drug-likeness (QED) is 0.911. The number of hydrogen-bond donors (Lipinski definition) is 1. The zero-order valence-electron chi connectivity index (χ0n) is 11.0. The lowest BCUT2D eigenvalue weighted by Gasteiger charge is -2.08. The molecule has 0 amide bonds. The predicted octanol–water partition coefficient (Wildman–Crippen LogP) is 3.29. The van der Waals surface area contributed by atoms with E-state index in [4.69, 9.17) is 9.47 Å². The second-order valence-electron chi connectivity index (χ2n) is 4.60. The fraction of sp³-hybridized carbons (Fsp3) is 0.500. The summed E-state index contributed by atoms with van der Waals surface area (Å²) in [7, 11) is 0. The number of anilines is 1. The molecule has 0 spiro atoms. The minimum absolute atomic E-state index is 0.339. The molecule has 3 rings (SSSR count). The van der Waals surface area contributed by atoms with Gasteiger partial charge in [0.1, 0.15) is 5.75 Å². The molecule has 1 aliphatic heterocycles. The van der Waals surface area contributed by atoms with Crippen molar-refractivity contribution in [2.45, 2.75) is 25.9 Å². The van der Waals surface area contributed by atoms with E-state index in [-0.39, 0.29) is 0 Å². The molecule has 0 bridgehead atoms. The maximum Gasteiger partial charge on any atom is 0.183 e. The highest BCUT2D eigenvalue weighted by atomic mass is 32.1. The summed E-state index contributed by atoms with van der Waals surface area (Å²) in [6.07, 6.45) is 2.65. The van der Waals surface area contributed by atoms with E-state index in [1.807, 2.05) is 25.1 Å². The van der Waals surface area contributed by atoms with Gasteiger partial charge in [-0.05, 0) is 38.0 Å². The van der Waals surface area contributed by atoms with Gasteiger partial charge in [-0.2, -0.15) is 0 Å². The molecule has 2 heterocycles. The first-order chi connectivity index (χ1) is 9.35. The van der Waals surface area contributed by atoms with Crippen molar-refractivity contribution in [1.29, 1.82) is 0 Å². The Kier molecular flexibility index (Phi) is 3.84. The van der Waals surface area contributed by atoms with Gasteiger partial charge >= 0.3 is 0 Å². The second-order valence-corrected chi connectivity index (χ2v) is 5.63. The molecule has 2 aromatic rings. The molecule has 1 aliphatic rings. The van der Waals surface area contributed by atoms with E-state index in [1.54, 1.807) is 11.3 Å². The molecule has 1 aromatic heterocycles. The van der Waals surface area contributed by atoms with Gasteiger partial charge in [-0.1, -0.05) is 11.3 Å². The average Bonchev–Trinajstić information content (AvgIpc) is 3.05. The van der Waals surface area contributed by atoms with Crippen LogP contribution in [0.5, 0.6) is 5.75 Å². The number of nitrogens with one attached hydrogen (secondary N) is 1. The number of rotatable bonds is 5. The normalized spacial score (nSPS) is 18.9. The first-order valence-electron chi connectivity index (χ1n) is 6.74. The topological polar surface area (TPSA) is 43.4 Å². The van der Waals surface area contributed by atoms with Crippen molar-refractivity contribution in [3.05, 3.63) is 18.2 Å². The van der Waals surface area contributed by atoms with E-state index in [0.29, 0.717) is 12.7 Å². The van der Waals surface area contributed by atoms with E-state index in [1.165, 1.54) is 6.42 Å². The van der Waals surface area contributed by atoms with Crippen LogP contribution in [0.4, 0.5) is 5.13 Å². The molecule has 0 radical (unpaired) electrons. The Hall–Kier alpha value is -1.33. The monoisotopic (exact) mass is 278 g/mol. The van der Waals surface area contributed by atoms with E-state index in [9.17, 15) is 0 Å². The van der Waals surface area contributed by atoms with Gasteiger partial charge in [-0.3, -0.25) is 0 Å². The van der Waals surface area contributed by atoms with Crippen LogP contribution in [-0.2, 0) is 4.74 Å². The summed E-state index contributed by atoms with van der Waals surface area (Å²) in [5.74, 6) is 0.907. The van der Waals surface area contributed by atoms with Crippen LogP contribution in [0.2, 0.25) is 0 Å². The number of fused-ring (bicyclic) bond motifs is 1. The Bertz CT molecular complexity index is 549. The van der Waals surface area contributed by atoms with Crippen molar-refractivity contribution in [2.75, 3.05) is 25.1 Å². The standard InChI is InChI=1S/C14H18N2O2S/c1-2-17-10-5-6-12-13(8-10)19-14(16-12)15-9-11-4-3-7-18-11/h5-6,8,11H,2-4,7,9H2,1H3,(H,15,16)/t11-/m0/s1. The van der Waals surface area contributed by atoms with Gasteiger partial charge in [-0.25, -0.2) is 4.98 Å². The van der Waals surface area contributed by atoms with Gasteiger partial charge in [0.05, 0.1) is 22.9 Å². The van der Waals surface area contributed by atoms with Crippen LogP contribution in [0.15, 0.2) is 18.2 Å². The van der Waals surface area contributed by atoms with Crippen molar-refractivity contribution in [2.24, 2.45) is 0 Å². The summed E-state index contributed by atoms with van der Waals surface area (Å²) < 4.78 is 12.3. The minimum atomic E-state index is 0.339. The molecule has 0 aliphatic carbocycles. The van der Waals surface area contributed by atoms with Crippen LogP contribution in [0.3, 0.4) is 0 Å². The summed E-state index contributed by atoms with van der Waals surface area (Å²) in [5, 5.41) is 4.33. The van der Waals surface area contributed by atoms with Crippen LogP contribution < -0.4 is 10.1 Å². The Morgan fingerprint density at radius 1 is 1.53 bits per heavy atom. The van der Waals surface area contributed by atoms with Crippen molar-refractivity contribution >= 4 is 26.7 Å². The SMILES string of the molecule is CCOc1ccc2nc(NC[C@@H]3CCCO3)sc2c1. The maximum absolute atomic E-state index is 5.59. The molecule has 1 N–H and O–H groups in total. The highest BCUT2D eigenvalue weighted by molar-refractivity contribution is 7.22. The lowest BCUT2D eigenvalue weighted by Crippen LogP contribution is -2.18. The predicted molar refractivity (Wildman–Crippen MR) is 78.3 cm³/mol. The molecule has 1 saturated heterocycles. The molecule has 1 atom stereocenters. The largest absolute Gasteiger partial charge is 0.494 e. The summed E-state index contributed by atoms with van der Waals surface area (Å²) >= 11 is 1.66. The second kappa shape index (κ2) is 5.75. The van der Waals surface area contributed by atoms with Gasteiger partial charge in [0, 0.05) is 13.2 Å². The van der Waals surface area contributed by atoms with Gasteiger partial charge < -0.3 is 14.8 Å². The van der Waals surface area contributed by atoms with Crippen molar-refractivity contribution in [3.8, 4) is 5.75 Å². The first kappa shape index (κ1) is 12.7. The third kappa shape index (κ3) is 2.98. The van der Waals surface area contributed by atoms with E-state index < -0.39 is 0 Å². The van der Waals surface area contributed by atoms with Gasteiger partial charge in [-0.15, -0.1) is 0 Å². The highest BCUT2D eigenvalue weighted by Gasteiger charge is 2.15. The number of hydrogen-bond acceptors (Lipinski definition) is 5. The molecule has 0 unspecified atom stereocenters. The fourth-order valence-electron chi connectivity index (χ4n) is 2.24. The number of aromatic nitrogens is 1. The smallest absolute Gasteiger partial charge is 0.183 e. The van der Waals surface area contributed by atoms with Crippen LogP contribution in [0.1, 0.15) is 19.8 Å². The Labute approximate surface area is 116 Å². The van der Waals surface area contributed by atoms with Crippen molar-refractivity contribution < 1.29 is 9.47 Å². The zero-order chi connectivity index (χ0) is 13.1. The molecular formula is C14H18N2O2S. The molecule has 5 heteroatoms. The maximum atomic E-state index is 5.59. The summed E-state index contributed by atoms with van der Waals surface area (Å²) in [6.45, 7) is 4.42. The molecule has 19 heavy (non-hydrogen) atoms. The lowest BCUT2D eigenvalue weighted by molar-refractivity contribution is 0.120. The first-order valence-corrected chi connectivity index (χ1v) is 7.55. The van der Waals surface area contributed by atoms with Crippen molar-refractivity contribution in [1.82, 2.24) is 4.98 Å². The van der Waals surface area contributed by atoms with Crippen LogP contribution >= 0.6 is 11.3 Å². The Morgan fingerprint density at radius 3 is 3.26 bits per heavy atom. The molecular weight excluding hydrogens is 260 g/mol. The third-order valence-corrected chi connectivity index (χ3v) is 4.15. The third-order valence-electron chi connectivity index (χ3n) is 3.18. The van der Waals surface area contributed by atoms with Crippen LogP contribution in [0.25, 0.3) is 10.2 Å². The van der Waals surface area contributed by atoms with Gasteiger partial charge in [0.15, 0.2) is 5.13 Å². The van der Waals surface area contributed by atoms with Crippen LogP contribution in [-0.4, -0.2) is 30.8 Å². The number of nitrogens with zero attached hydrogens (tertiary/aromatic N) is 1. The molecule has 1 aromatic carbocycles.